The number of imidazole rings is 1. The van der Waals surface area contributed by atoms with Gasteiger partial charge in [-0.2, -0.15) is 4.37 Å². The molecule has 0 spiro atoms. The van der Waals surface area contributed by atoms with E-state index in [-0.39, 0.29) is 0 Å². The average molecular weight is 279 g/mol. The van der Waals surface area contributed by atoms with Crippen molar-refractivity contribution >= 4 is 39.2 Å². The first kappa shape index (κ1) is 11.5. The third kappa shape index (κ3) is 1.51. The van der Waals surface area contributed by atoms with Crippen LogP contribution in [0.4, 0.5) is 5.00 Å². The maximum Gasteiger partial charge on any atom is 0.145 e. The van der Waals surface area contributed by atoms with Crippen LogP contribution >= 0.6 is 23.1 Å². The summed E-state index contributed by atoms with van der Waals surface area (Å²) in [5.41, 5.74) is 9.55. The number of fused-ring (bicyclic) bond motifs is 1. The summed E-state index contributed by atoms with van der Waals surface area (Å²) in [6, 6.07) is 5.69. The second-order valence-electron chi connectivity index (χ2n) is 4.11. The molecule has 18 heavy (non-hydrogen) atoms. The van der Waals surface area contributed by atoms with Crippen LogP contribution in [0.5, 0.6) is 0 Å². The fourth-order valence-electron chi connectivity index (χ4n) is 2.10. The van der Waals surface area contributed by atoms with Gasteiger partial charge in [-0.3, -0.25) is 0 Å². The molecule has 0 atom stereocenters. The molecule has 0 amide bonds. The van der Waals surface area contributed by atoms with Crippen LogP contribution in [0.2, 0.25) is 5.02 Å². The van der Waals surface area contributed by atoms with Gasteiger partial charge >= 0.3 is 0 Å². The number of nitrogens with two attached hydrogens (primary N) is 1. The van der Waals surface area contributed by atoms with Gasteiger partial charge in [0.25, 0.3) is 0 Å². The summed E-state index contributed by atoms with van der Waals surface area (Å²) >= 11 is 7.50. The van der Waals surface area contributed by atoms with Gasteiger partial charge in [-0.25, -0.2) is 4.98 Å². The number of anilines is 1. The summed E-state index contributed by atoms with van der Waals surface area (Å²) in [5.74, 6) is 0.807. The smallest absolute Gasteiger partial charge is 0.145 e. The number of aromatic nitrogens is 3. The van der Waals surface area contributed by atoms with Gasteiger partial charge in [0.05, 0.1) is 27.3 Å². The number of aryl methyl sites for hydroxylation is 2. The number of halogens is 1. The minimum atomic E-state index is 0.682. The van der Waals surface area contributed by atoms with Gasteiger partial charge in [-0.1, -0.05) is 17.7 Å². The fourth-order valence-corrected chi connectivity index (χ4v) is 3.06. The number of nitrogens with zero attached hydrogens (tertiary/aromatic N) is 3. The normalized spacial score (nSPS) is 11.3. The zero-order valence-electron chi connectivity index (χ0n) is 9.94. The van der Waals surface area contributed by atoms with E-state index in [1.807, 2.05) is 36.7 Å². The first-order valence-electron chi connectivity index (χ1n) is 5.42. The maximum atomic E-state index is 6.21. The summed E-state index contributed by atoms with van der Waals surface area (Å²) < 4.78 is 6.22. The third-order valence-electron chi connectivity index (χ3n) is 2.96. The third-order valence-corrected chi connectivity index (χ3v) is 4.03. The molecule has 3 aromatic rings. The molecular weight excluding hydrogens is 268 g/mol. The summed E-state index contributed by atoms with van der Waals surface area (Å²) in [6.07, 6.45) is 0. The Bertz CT molecular complexity index is 724. The van der Waals surface area contributed by atoms with E-state index in [0.29, 0.717) is 10.0 Å². The lowest BCUT2D eigenvalue weighted by Crippen LogP contribution is -1.96. The molecule has 0 bridgehead atoms. The monoisotopic (exact) mass is 278 g/mol. The number of rotatable bonds is 1. The molecule has 0 aliphatic heterocycles. The molecule has 2 heterocycles. The van der Waals surface area contributed by atoms with E-state index in [1.165, 1.54) is 11.5 Å². The maximum absolute atomic E-state index is 6.21. The Morgan fingerprint density at radius 1 is 1.39 bits per heavy atom. The van der Waals surface area contributed by atoms with Gasteiger partial charge in [0.2, 0.25) is 0 Å². The molecule has 3 rings (SSSR count). The Labute approximate surface area is 113 Å². The molecule has 0 radical (unpaired) electrons. The van der Waals surface area contributed by atoms with E-state index < -0.39 is 0 Å². The largest absolute Gasteiger partial charge is 0.389 e. The number of nitrogen functional groups attached to an aromatic ring is 1. The van der Waals surface area contributed by atoms with Crippen molar-refractivity contribution in [3.05, 3.63) is 28.9 Å². The highest BCUT2D eigenvalue weighted by molar-refractivity contribution is 7.10. The molecule has 0 aliphatic carbocycles. The van der Waals surface area contributed by atoms with Crippen LogP contribution in [0, 0.1) is 6.92 Å². The molecule has 1 aromatic carbocycles. The lowest BCUT2D eigenvalue weighted by Gasteiger charge is -2.03. The highest BCUT2D eigenvalue weighted by atomic mass is 35.5. The van der Waals surface area contributed by atoms with E-state index in [2.05, 4.69) is 9.36 Å². The minimum Gasteiger partial charge on any atom is -0.389 e. The van der Waals surface area contributed by atoms with Crippen LogP contribution in [0.1, 0.15) is 5.69 Å². The lowest BCUT2D eigenvalue weighted by molar-refractivity contribution is 0.958. The van der Waals surface area contributed by atoms with Gasteiger partial charge < -0.3 is 10.3 Å². The average Bonchev–Trinajstić information content (AvgIpc) is 2.82. The standard InChI is InChI=1S/C12H11ClN4S/c1-6-9(11(14)18-16-6)12-15-8-5-3-4-7(13)10(8)17(12)2/h3-5H,14H2,1-2H3. The molecule has 0 aliphatic rings. The van der Waals surface area contributed by atoms with E-state index in [4.69, 9.17) is 17.3 Å². The summed E-state index contributed by atoms with van der Waals surface area (Å²) in [6.45, 7) is 1.93. The van der Waals surface area contributed by atoms with Gasteiger partial charge in [0.1, 0.15) is 10.8 Å². The number of hydrogen-bond acceptors (Lipinski definition) is 4. The second-order valence-corrected chi connectivity index (χ2v) is 5.32. The SMILES string of the molecule is Cc1nsc(N)c1-c1nc2cccc(Cl)c2n1C. The van der Waals surface area contributed by atoms with Crippen LogP contribution in [0.25, 0.3) is 22.4 Å². The molecule has 2 N–H and O–H groups in total. The highest BCUT2D eigenvalue weighted by Gasteiger charge is 2.18. The lowest BCUT2D eigenvalue weighted by atomic mass is 10.2. The van der Waals surface area contributed by atoms with Crippen molar-refractivity contribution < 1.29 is 0 Å². The fraction of sp³-hybridized carbons (Fsp3) is 0.167. The predicted molar refractivity (Wildman–Crippen MR) is 76.0 cm³/mol. The summed E-state index contributed by atoms with van der Waals surface area (Å²) in [4.78, 5) is 4.60. The van der Waals surface area contributed by atoms with Crippen LogP contribution in [-0.4, -0.2) is 13.9 Å². The molecule has 0 saturated carbocycles. The van der Waals surface area contributed by atoms with E-state index >= 15 is 0 Å². The minimum absolute atomic E-state index is 0.682. The Morgan fingerprint density at radius 3 is 2.78 bits per heavy atom. The van der Waals surface area contributed by atoms with Gasteiger partial charge in [0, 0.05) is 7.05 Å². The molecule has 2 aromatic heterocycles. The van der Waals surface area contributed by atoms with Crippen molar-refractivity contribution in [3.63, 3.8) is 0 Å². The van der Waals surface area contributed by atoms with Crippen molar-refractivity contribution in [2.24, 2.45) is 7.05 Å². The Morgan fingerprint density at radius 2 is 2.17 bits per heavy atom. The van der Waals surface area contributed by atoms with Gasteiger partial charge in [0.15, 0.2) is 0 Å². The Balaban J connectivity index is 2.38. The molecule has 6 heteroatoms. The molecule has 4 nitrogen and oxygen atoms in total. The van der Waals surface area contributed by atoms with Gasteiger partial charge in [-0.05, 0) is 30.6 Å². The van der Waals surface area contributed by atoms with E-state index in [1.54, 1.807) is 0 Å². The predicted octanol–water partition coefficient (Wildman–Crippen LogP) is 3.24. The zero-order chi connectivity index (χ0) is 12.9. The Kier molecular flexibility index (Phi) is 2.53. The first-order chi connectivity index (χ1) is 8.59. The summed E-state index contributed by atoms with van der Waals surface area (Å²) in [5, 5.41) is 1.37. The van der Waals surface area contributed by atoms with E-state index in [9.17, 15) is 0 Å². The van der Waals surface area contributed by atoms with E-state index in [0.717, 1.165) is 28.1 Å². The first-order valence-corrected chi connectivity index (χ1v) is 6.57. The number of para-hydroxylation sites is 1. The van der Waals surface area contributed by atoms with Crippen molar-refractivity contribution in [1.29, 1.82) is 0 Å². The van der Waals surface area contributed by atoms with Crippen molar-refractivity contribution in [1.82, 2.24) is 13.9 Å². The van der Waals surface area contributed by atoms with Crippen molar-refractivity contribution in [3.8, 4) is 11.4 Å². The van der Waals surface area contributed by atoms with Crippen molar-refractivity contribution in [2.75, 3.05) is 5.73 Å². The number of benzene rings is 1. The molecule has 92 valence electrons. The molecule has 0 unspecified atom stereocenters. The van der Waals surface area contributed by atoms with Crippen LogP contribution < -0.4 is 5.73 Å². The van der Waals surface area contributed by atoms with Crippen LogP contribution in [0.15, 0.2) is 18.2 Å². The Hall–Kier alpha value is -1.59. The molecule has 0 fully saturated rings. The molecular formula is C12H11ClN4S. The van der Waals surface area contributed by atoms with Crippen LogP contribution in [0.3, 0.4) is 0 Å². The van der Waals surface area contributed by atoms with Crippen LogP contribution in [-0.2, 0) is 7.05 Å². The topological polar surface area (TPSA) is 56.7 Å². The van der Waals surface area contributed by atoms with Crippen molar-refractivity contribution in [2.45, 2.75) is 6.92 Å². The zero-order valence-corrected chi connectivity index (χ0v) is 11.5. The highest BCUT2D eigenvalue weighted by Crippen LogP contribution is 2.34. The molecule has 0 saturated heterocycles. The second kappa shape index (κ2) is 3.96. The summed E-state index contributed by atoms with van der Waals surface area (Å²) in [7, 11) is 1.94. The number of hydrogen-bond donors (Lipinski definition) is 1. The van der Waals surface area contributed by atoms with Gasteiger partial charge in [-0.15, -0.1) is 0 Å². The quantitative estimate of drug-likeness (QED) is 0.743.